The van der Waals surface area contributed by atoms with Crippen LogP contribution in [0.5, 0.6) is 0 Å². The summed E-state index contributed by atoms with van der Waals surface area (Å²) in [6, 6.07) is 5.72. The molecule has 1 aromatic rings. The van der Waals surface area contributed by atoms with Crippen LogP contribution in [0.4, 0.5) is 0 Å². The predicted octanol–water partition coefficient (Wildman–Crippen LogP) is 0.811. The summed E-state index contributed by atoms with van der Waals surface area (Å²) >= 11 is 0. The number of nitrogens with zero attached hydrogens (tertiary/aromatic N) is 1. The molecule has 0 spiro atoms. The summed E-state index contributed by atoms with van der Waals surface area (Å²) in [6.45, 7) is 0. The Bertz CT molecular complexity index is 88.9. The van der Waals surface area contributed by atoms with Gasteiger partial charge in [-0.05, 0) is 12.1 Å². The van der Waals surface area contributed by atoms with E-state index in [-0.39, 0.29) is 60.1 Å². The molecule has 0 aliphatic heterocycles. The molecule has 0 saturated carbocycles. The van der Waals surface area contributed by atoms with Crippen LogP contribution in [-0.2, 0) is 17.1 Å². The van der Waals surface area contributed by atoms with Gasteiger partial charge in [0.25, 0.3) is 0 Å². The van der Waals surface area contributed by atoms with Crippen molar-refractivity contribution < 1.29 is 17.1 Å². The molecular weight excluding hydrogens is 193 g/mol. The first-order valence-electron chi connectivity index (χ1n) is 1.85. The van der Waals surface area contributed by atoms with E-state index in [4.69, 9.17) is 0 Å². The molecule has 0 N–H and O–H groups in total. The first kappa shape index (κ1) is 16.5. The third-order valence-electron chi connectivity index (χ3n) is 0.566. The zero-order valence-corrected chi connectivity index (χ0v) is 9.08. The normalized spacial score (nSPS) is 5.33. The van der Waals surface area contributed by atoms with E-state index in [0.717, 1.165) is 0 Å². The van der Waals surface area contributed by atoms with Gasteiger partial charge in [0.2, 0.25) is 0 Å². The molecule has 0 fully saturated rings. The fraction of sp³-hybridized carbons (Fsp3) is 0. The van der Waals surface area contributed by atoms with Crippen molar-refractivity contribution in [1.82, 2.24) is 4.98 Å². The van der Waals surface area contributed by atoms with E-state index in [0.29, 0.717) is 0 Å². The monoisotopic (exact) mass is 199 g/mol. The van der Waals surface area contributed by atoms with Gasteiger partial charge in [-0.1, -0.05) is 6.07 Å². The van der Waals surface area contributed by atoms with Gasteiger partial charge in [0.1, 0.15) is 0 Å². The van der Waals surface area contributed by atoms with E-state index in [1.54, 1.807) is 12.4 Å². The molecule has 9 heavy (non-hydrogen) atoms. The van der Waals surface area contributed by atoms with Gasteiger partial charge in [-0.25, -0.2) is 0 Å². The van der Waals surface area contributed by atoms with Gasteiger partial charge >= 0.3 is 0 Å². The SMILES string of the molecule is S.[Cu].[Na].c1ccncc1. The van der Waals surface area contributed by atoms with Crippen LogP contribution < -0.4 is 0 Å². The van der Waals surface area contributed by atoms with Crippen molar-refractivity contribution in [3.05, 3.63) is 30.6 Å². The second-order valence-corrected chi connectivity index (χ2v) is 1.02. The topological polar surface area (TPSA) is 12.9 Å². The Balaban J connectivity index is -0.000000120. The van der Waals surface area contributed by atoms with Crippen LogP contribution in [0.25, 0.3) is 0 Å². The minimum Gasteiger partial charge on any atom is -0.265 e. The van der Waals surface area contributed by atoms with Gasteiger partial charge in [-0.15, -0.1) is 0 Å². The number of hydrogen-bond acceptors (Lipinski definition) is 1. The fourth-order valence-corrected chi connectivity index (χ4v) is 0.313. The van der Waals surface area contributed by atoms with Crippen LogP contribution in [0.15, 0.2) is 30.6 Å². The van der Waals surface area contributed by atoms with Crippen molar-refractivity contribution in [3.8, 4) is 0 Å². The molecule has 1 heterocycles. The predicted molar refractivity (Wildman–Crippen MR) is 40.4 cm³/mol. The van der Waals surface area contributed by atoms with Gasteiger partial charge in [0, 0.05) is 59.0 Å². The molecule has 0 unspecified atom stereocenters. The molecule has 0 aliphatic carbocycles. The van der Waals surface area contributed by atoms with Crippen molar-refractivity contribution in [1.29, 1.82) is 0 Å². The van der Waals surface area contributed by atoms with Crippen LogP contribution in [0.1, 0.15) is 0 Å². The van der Waals surface area contributed by atoms with E-state index < -0.39 is 0 Å². The molecule has 50 valence electrons. The quantitative estimate of drug-likeness (QED) is 0.564. The number of pyridine rings is 1. The Morgan fingerprint density at radius 2 is 1.33 bits per heavy atom. The summed E-state index contributed by atoms with van der Waals surface area (Å²) in [6.07, 6.45) is 3.50. The zero-order valence-electron chi connectivity index (χ0n) is 5.14. The van der Waals surface area contributed by atoms with Crippen LogP contribution in [0, 0.1) is 0 Å². The molecule has 0 bridgehead atoms. The molecule has 0 aliphatic rings. The molecular formula is C5H7CuNNaS. The zero-order chi connectivity index (χ0) is 4.24. The van der Waals surface area contributed by atoms with Crippen molar-refractivity contribution in [2.24, 2.45) is 0 Å². The summed E-state index contributed by atoms with van der Waals surface area (Å²) in [5.41, 5.74) is 0. The van der Waals surface area contributed by atoms with Crippen molar-refractivity contribution in [3.63, 3.8) is 0 Å². The minimum absolute atomic E-state index is 0. The van der Waals surface area contributed by atoms with E-state index >= 15 is 0 Å². The molecule has 0 aromatic carbocycles. The van der Waals surface area contributed by atoms with E-state index in [1.165, 1.54) is 0 Å². The van der Waals surface area contributed by atoms with Gasteiger partial charge in [0.15, 0.2) is 0 Å². The standard InChI is InChI=1S/C5H5N.Cu.Na.H2S/c1-2-4-6-5-3-1;;;/h1-5H;;;1H2. The maximum atomic E-state index is 3.78. The minimum atomic E-state index is 0. The van der Waals surface area contributed by atoms with Gasteiger partial charge in [-0.2, -0.15) is 13.5 Å². The van der Waals surface area contributed by atoms with E-state index in [9.17, 15) is 0 Å². The Morgan fingerprint density at radius 1 is 0.889 bits per heavy atom. The van der Waals surface area contributed by atoms with Crippen LogP contribution in [-0.4, -0.2) is 34.5 Å². The van der Waals surface area contributed by atoms with Crippen molar-refractivity contribution in [2.45, 2.75) is 0 Å². The summed E-state index contributed by atoms with van der Waals surface area (Å²) in [5.74, 6) is 0. The van der Waals surface area contributed by atoms with Crippen LogP contribution in [0.2, 0.25) is 0 Å². The Hall–Kier alpha value is 1.02. The summed E-state index contributed by atoms with van der Waals surface area (Å²) in [5, 5.41) is 0. The Kier molecular flexibility index (Phi) is 21.6. The third kappa shape index (κ3) is 9.02. The molecule has 1 aromatic heterocycles. The molecule has 0 saturated heterocycles. The number of aromatic nitrogens is 1. The maximum absolute atomic E-state index is 3.78. The number of hydrogen-bond donors (Lipinski definition) is 0. The first-order valence-corrected chi connectivity index (χ1v) is 1.85. The summed E-state index contributed by atoms with van der Waals surface area (Å²) in [4.78, 5) is 3.78. The smallest absolute Gasteiger partial charge is 0.0267 e. The molecule has 1 rings (SSSR count). The average molecular weight is 200 g/mol. The van der Waals surface area contributed by atoms with Gasteiger partial charge in [-0.3, -0.25) is 4.98 Å². The first-order chi connectivity index (χ1) is 3.00. The Labute approximate surface area is 94.9 Å². The average Bonchev–Trinajstić information content (AvgIpc) is 1.72. The van der Waals surface area contributed by atoms with E-state index in [1.807, 2.05) is 18.2 Å². The fourth-order valence-electron chi connectivity index (χ4n) is 0.313. The van der Waals surface area contributed by atoms with E-state index in [2.05, 4.69) is 4.98 Å². The molecule has 1 nitrogen and oxygen atoms in total. The third-order valence-corrected chi connectivity index (χ3v) is 0.566. The molecule has 2 radical (unpaired) electrons. The second kappa shape index (κ2) is 11.8. The molecule has 0 atom stereocenters. The largest absolute Gasteiger partial charge is 0.265 e. The Morgan fingerprint density at radius 3 is 1.44 bits per heavy atom. The van der Waals surface area contributed by atoms with Crippen molar-refractivity contribution >= 4 is 43.1 Å². The maximum Gasteiger partial charge on any atom is 0.0267 e. The van der Waals surface area contributed by atoms with Crippen LogP contribution >= 0.6 is 13.5 Å². The summed E-state index contributed by atoms with van der Waals surface area (Å²) in [7, 11) is 0. The van der Waals surface area contributed by atoms with Crippen LogP contribution in [0.3, 0.4) is 0 Å². The van der Waals surface area contributed by atoms with Crippen molar-refractivity contribution in [2.75, 3.05) is 0 Å². The number of rotatable bonds is 0. The van der Waals surface area contributed by atoms with Gasteiger partial charge < -0.3 is 0 Å². The molecule has 0 amide bonds. The van der Waals surface area contributed by atoms with Gasteiger partial charge in [0.05, 0.1) is 0 Å². The molecule has 4 heteroatoms. The second-order valence-electron chi connectivity index (χ2n) is 1.02. The summed E-state index contributed by atoms with van der Waals surface area (Å²) < 4.78 is 0.